The Balaban J connectivity index is 2.00. The molecule has 0 N–H and O–H groups in total. The SMILES string of the molecule is C#CC1C[C@H]2CC(C)C[C@H]2C1. The summed E-state index contributed by atoms with van der Waals surface area (Å²) in [5.74, 6) is 6.49. The van der Waals surface area contributed by atoms with Crippen molar-refractivity contribution in [2.24, 2.45) is 23.7 Å². The molecule has 0 aliphatic heterocycles. The van der Waals surface area contributed by atoms with Gasteiger partial charge in [-0.25, -0.2) is 0 Å². The molecule has 2 aliphatic carbocycles. The van der Waals surface area contributed by atoms with Crippen LogP contribution in [0.25, 0.3) is 0 Å². The van der Waals surface area contributed by atoms with Crippen molar-refractivity contribution in [2.45, 2.75) is 32.6 Å². The van der Waals surface area contributed by atoms with E-state index in [1.54, 1.807) is 0 Å². The highest BCUT2D eigenvalue weighted by Gasteiger charge is 2.39. The monoisotopic (exact) mass is 148 g/mol. The number of rotatable bonds is 0. The largest absolute Gasteiger partial charge is 0.120 e. The van der Waals surface area contributed by atoms with E-state index in [-0.39, 0.29) is 0 Å². The topological polar surface area (TPSA) is 0 Å². The van der Waals surface area contributed by atoms with Crippen molar-refractivity contribution in [3.05, 3.63) is 0 Å². The summed E-state index contributed by atoms with van der Waals surface area (Å²) < 4.78 is 0. The van der Waals surface area contributed by atoms with Crippen LogP contribution in [0, 0.1) is 36.0 Å². The highest BCUT2D eigenvalue weighted by molar-refractivity contribution is 5.02. The fourth-order valence-electron chi connectivity index (χ4n) is 3.06. The van der Waals surface area contributed by atoms with E-state index in [2.05, 4.69) is 12.8 Å². The van der Waals surface area contributed by atoms with Crippen LogP contribution in [-0.4, -0.2) is 0 Å². The van der Waals surface area contributed by atoms with Crippen LogP contribution in [0.15, 0.2) is 0 Å². The van der Waals surface area contributed by atoms with Gasteiger partial charge < -0.3 is 0 Å². The molecular weight excluding hydrogens is 132 g/mol. The fraction of sp³-hybridized carbons (Fsp3) is 0.818. The van der Waals surface area contributed by atoms with Gasteiger partial charge in [0, 0.05) is 5.92 Å². The molecule has 2 unspecified atom stereocenters. The van der Waals surface area contributed by atoms with E-state index in [9.17, 15) is 0 Å². The smallest absolute Gasteiger partial charge is 0.0205 e. The van der Waals surface area contributed by atoms with E-state index in [4.69, 9.17) is 6.42 Å². The van der Waals surface area contributed by atoms with Crippen LogP contribution >= 0.6 is 0 Å². The molecule has 0 aromatic heterocycles. The van der Waals surface area contributed by atoms with E-state index < -0.39 is 0 Å². The molecule has 0 aromatic rings. The van der Waals surface area contributed by atoms with Gasteiger partial charge in [-0.15, -0.1) is 12.3 Å². The van der Waals surface area contributed by atoms with Crippen LogP contribution in [0.4, 0.5) is 0 Å². The quantitative estimate of drug-likeness (QED) is 0.463. The van der Waals surface area contributed by atoms with Crippen molar-refractivity contribution < 1.29 is 0 Å². The van der Waals surface area contributed by atoms with E-state index in [0.29, 0.717) is 5.92 Å². The van der Waals surface area contributed by atoms with Crippen LogP contribution in [0.1, 0.15) is 32.6 Å². The molecular formula is C11H16. The first kappa shape index (κ1) is 7.22. The zero-order valence-electron chi connectivity index (χ0n) is 7.22. The molecule has 0 amide bonds. The molecule has 0 heteroatoms. The number of hydrogen-bond donors (Lipinski definition) is 0. The average Bonchev–Trinajstić information content (AvgIpc) is 2.43. The van der Waals surface area contributed by atoms with Gasteiger partial charge in [0.25, 0.3) is 0 Å². The average molecular weight is 148 g/mol. The van der Waals surface area contributed by atoms with Crippen LogP contribution in [0.3, 0.4) is 0 Å². The predicted octanol–water partition coefficient (Wildman–Crippen LogP) is 2.69. The minimum absolute atomic E-state index is 0.623. The molecule has 2 fully saturated rings. The lowest BCUT2D eigenvalue weighted by atomic mass is 10.0. The van der Waals surface area contributed by atoms with E-state index in [0.717, 1.165) is 17.8 Å². The number of terminal acetylenes is 1. The third-order valence-electron chi connectivity index (χ3n) is 3.49. The van der Waals surface area contributed by atoms with Crippen molar-refractivity contribution in [2.75, 3.05) is 0 Å². The Hall–Kier alpha value is -0.440. The van der Waals surface area contributed by atoms with E-state index in [1.165, 1.54) is 25.7 Å². The van der Waals surface area contributed by atoms with Gasteiger partial charge >= 0.3 is 0 Å². The Morgan fingerprint density at radius 2 is 1.64 bits per heavy atom. The second kappa shape index (κ2) is 2.55. The second-order valence-electron chi connectivity index (χ2n) is 4.43. The Kier molecular flexibility index (Phi) is 1.68. The highest BCUT2D eigenvalue weighted by Crippen LogP contribution is 2.48. The van der Waals surface area contributed by atoms with Crippen LogP contribution < -0.4 is 0 Å². The van der Waals surface area contributed by atoms with E-state index >= 15 is 0 Å². The molecule has 60 valence electrons. The van der Waals surface area contributed by atoms with Crippen LogP contribution in [0.5, 0.6) is 0 Å². The Labute approximate surface area is 69.4 Å². The normalized spacial score (nSPS) is 48.7. The predicted molar refractivity (Wildman–Crippen MR) is 46.9 cm³/mol. The number of fused-ring (bicyclic) bond motifs is 1. The minimum Gasteiger partial charge on any atom is -0.120 e. The fourth-order valence-corrected chi connectivity index (χ4v) is 3.06. The van der Waals surface area contributed by atoms with Gasteiger partial charge in [-0.2, -0.15) is 0 Å². The molecule has 0 heterocycles. The zero-order valence-corrected chi connectivity index (χ0v) is 7.22. The lowest BCUT2D eigenvalue weighted by Crippen LogP contribution is -1.95. The summed E-state index contributed by atoms with van der Waals surface area (Å²) in [6.07, 6.45) is 11.0. The van der Waals surface area contributed by atoms with Crippen molar-refractivity contribution in [1.29, 1.82) is 0 Å². The molecule has 2 saturated carbocycles. The first-order valence-electron chi connectivity index (χ1n) is 4.75. The minimum atomic E-state index is 0.623. The summed E-state index contributed by atoms with van der Waals surface area (Å²) in [5, 5.41) is 0. The van der Waals surface area contributed by atoms with Gasteiger partial charge in [0.15, 0.2) is 0 Å². The molecule has 2 rings (SSSR count). The van der Waals surface area contributed by atoms with Gasteiger partial charge in [-0.05, 0) is 43.4 Å². The Morgan fingerprint density at radius 1 is 1.09 bits per heavy atom. The highest BCUT2D eigenvalue weighted by atomic mass is 14.4. The molecule has 11 heavy (non-hydrogen) atoms. The molecule has 2 aliphatic rings. The van der Waals surface area contributed by atoms with Crippen LogP contribution in [0.2, 0.25) is 0 Å². The lowest BCUT2D eigenvalue weighted by molar-refractivity contribution is 0.457. The van der Waals surface area contributed by atoms with Crippen molar-refractivity contribution in [1.82, 2.24) is 0 Å². The molecule has 0 bridgehead atoms. The first-order valence-corrected chi connectivity index (χ1v) is 4.75. The second-order valence-corrected chi connectivity index (χ2v) is 4.43. The third-order valence-corrected chi connectivity index (χ3v) is 3.49. The van der Waals surface area contributed by atoms with Gasteiger partial charge in [0.1, 0.15) is 0 Å². The Morgan fingerprint density at radius 3 is 2.09 bits per heavy atom. The lowest BCUT2D eigenvalue weighted by Gasteiger charge is -2.04. The molecule has 0 spiro atoms. The molecule has 0 aromatic carbocycles. The van der Waals surface area contributed by atoms with Crippen molar-refractivity contribution in [3.63, 3.8) is 0 Å². The maximum atomic E-state index is 5.42. The molecule has 0 radical (unpaired) electrons. The Bertz CT molecular complexity index is 173. The zero-order chi connectivity index (χ0) is 7.84. The van der Waals surface area contributed by atoms with Crippen molar-refractivity contribution >= 4 is 0 Å². The molecule has 4 atom stereocenters. The van der Waals surface area contributed by atoms with Crippen LogP contribution in [-0.2, 0) is 0 Å². The summed E-state index contributed by atoms with van der Waals surface area (Å²) >= 11 is 0. The van der Waals surface area contributed by atoms with Gasteiger partial charge in [-0.3, -0.25) is 0 Å². The van der Waals surface area contributed by atoms with Gasteiger partial charge in [0.05, 0.1) is 0 Å². The summed E-state index contributed by atoms with van der Waals surface area (Å²) in [6, 6.07) is 0. The molecule has 0 nitrogen and oxygen atoms in total. The van der Waals surface area contributed by atoms with Gasteiger partial charge in [-0.1, -0.05) is 6.92 Å². The molecule has 0 saturated heterocycles. The summed E-state index contributed by atoms with van der Waals surface area (Å²) in [6.45, 7) is 2.38. The summed E-state index contributed by atoms with van der Waals surface area (Å²) in [4.78, 5) is 0. The standard InChI is InChI=1S/C11H16/c1-3-9-6-10-4-8(2)5-11(10)7-9/h1,8-11H,4-7H2,2H3/t8?,9?,10-,11+. The summed E-state index contributed by atoms with van der Waals surface area (Å²) in [7, 11) is 0. The number of hydrogen-bond acceptors (Lipinski definition) is 0. The van der Waals surface area contributed by atoms with Gasteiger partial charge in [0.2, 0.25) is 0 Å². The van der Waals surface area contributed by atoms with E-state index in [1.807, 2.05) is 0 Å². The maximum absolute atomic E-state index is 5.42. The maximum Gasteiger partial charge on any atom is 0.0205 e. The summed E-state index contributed by atoms with van der Waals surface area (Å²) in [5.41, 5.74) is 0. The third kappa shape index (κ3) is 1.18. The first-order chi connectivity index (χ1) is 5.29. The van der Waals surface area contributed by atoms with Crippen molar-refractivity contribution in [3.8, 4) is 12.3 Å².